The number of aliphatic hydroxyl groups excluding tert-OH is 13. The maximum absolute atomic E-state index is 10.4. The molecule has 0 aromatic carbocycles. The first-order valence-electron chi connectivity index (χ1n) is 19.6. The summed E-state index contributed by atoms with van der Waals surface area (Å²) in [4.78, 5) is 0. The fourth-order valence-corrected chi connectivity index (χ4v) is 4.55. The van der Waals surface area contributed by atoms with Crippen molar-refractivity contribution < 1.29 is 114 Å². The lowest BCUT2D eigenvalue weighted by molar-refractivity contribution is -0.137. The van der Waals surface area contributed by atoms with E-state index >= 15 is 0 Å². The lowest BCUT2D eigenvalue weighted by Crippen LogP contribution is -2.40. The van der Waals surface area contributed by atoms with Crippen LogP contribution in [0.15, 0.2) is 0 Å². The van der Waals surface area contributed by atoms with Gasteiger partial charge in [0.05, 0.1) is 152 Å². The molecule has 0 aliphatic carbocycles. The summed E-state index contributed by atoms with van der Waals surface area (Å²) in [5, 5.41) is 124. The van der Waals surface area contributed by atoms with E-state index in [2.05, 4.69) is 0 Å². The van der Waals surface area contributed by atoms with Crippen LogP contribution in [0.25, 0.3) is 0 Å². The second-order valence-corrected chi connectivity index (χ2v) is 14.1. The highest BCUT2D eigenvalue weighted by atomic mass is 16.6. The number of rotatable bonds is 44. The molecule has 59 heavy (non-hydrogen) atoms. The average molecular weight is 875 g/mol. The predicted molar refractivity (Wildman–Crippen MR) is 202 cm³/mol. The van der Waals surface area contributed by atoms with Crippen LogP contribution in [-0.2, 0) is 47.4 Å². The van der Waals surface area contributed by atoms with E-state index in [1.54, 1.807) is 0 Å². The van der Waals surface area contributed by atoms with Crippen molar-refractivity contribution in [2.24, 2.45) is 5.41 Å². The molecule has 0 aliphatic heterocycles. The molecule has 0 bridgehead atoms. The van der Waals surface area contributed by atoms with E-state index in [1.165, 1.54) is 0 Å². The molecule has 0 heterocycles. The van der Waals surface area contributed by atoms with E-state index in [-0.39, 0.29) is 119 Å². The number of hydrogen-bond acceptors (Lipinski definition) is 23. The topological polar surface area (TPSA) is 355 Å². The highest BCUT2D eigenvalue weighted by Crippen LogP contribution is 2.25. The van der Waals surface area contributed by atoms with Crippen molar-refractivity contribution in [3.05, 3.63) is 0 Å². The Labute approximate surface area is 345 Å². The van der Waals surface area contributed by atoms with Crippen LogP contribution in [0.2, 0.25) is 0 Å². The summed E-state index contributed by atoms with van der Waals surface area (Å²) < 4.78 is 55.2. The van der Waals surface area contributed by atoms with Crippen molar-refractivity contribution in [1.82, 2.24) is 0 Å². The van der Waals surface area contributed by atoms with Gasteiger partial charge in [0.25, 0.3) is 0 Å². The molecule has 11 atom stereocenters. The SMILES string of the molecule is CCC(COCC(O)COCC(O)CO)(COCC(O)COCC(O)COCC(O)CO)COCC(CO)OCC(COCC(O)CO)OCC(O)COCC(O)CO. The summed E-state index contributed by atoms with van der Waals surface area (Å²) >= 11 is 0. The Morgan fingerprint density at radius 3 is 0.915 bits per heavy atom. The quantitative estimate of drug-likeness (QED) is 0.0270. The van der Waals surface area contributed by atoms with Crippen LogP contribution in [0.3, 0.4) is 0 Å². The van der Waals surface area contributed by atoms with Gasteiger partial charge in [-0.1, -0.05) is 6.92 Å². The normalized spacial score (nSPS) is 18.4. The van der Waals surface area contributed by atoms with Gasteiger partial charge >= 0.3 is 0 Å². The first kappa shape index (κ1) is 58.1. The molecule has 0 saturated carbocycles. The monoisotopic (exact) mass is 874 g/mol. The van der Waals surface area contributed by atoms with E-state index in [0.717, 1.165) is 0 Å². The maximum Gasteiger partial charge on any atom is 0.104 e. The third-order valence-corrected chi connectivity index (χ3v) is 8.08. The molecular weight excluding hydrogens is 800 g/mol. The number of hydrogen-bond donors (Lipinski definition) is 13. The summed E-state index contributed by atoms with van der Waals surface area (Å²) in [6, 6.07) is 0. The standard InChI is InChI=1S/C36H74O23/c1-2-36(23-55-17-31(47)14-51-9-27(43)4-38,24-56-18-32(48)15-53-13-30(46)12-50-8-26(42)3-37)25-57-20-34(7-41)59-22-35(21-54-11-29(45)6-40)58-19-33(49)16-52-10-28(44)5-39/h26-35,37-49H,2-25H2,1H3. The molecule has 23 nitrogen and oxygen atoms in total. The third kappa shape index (κ3) is 32.4. The zero-order valence-corrected chi connectivity index (χ0v) is 34.1. The molecule has 0 fully saturated rings. The van der Waals surface area contributed by atoms with Crippen molar-refractivity contribution in [2.45, 2.75) is 74.4 Å². The fraction of sp³-hybridized carbons (Fsp3) is 1.00. The largest absolute Gasteiger partial charge is 0.394 e. The van der Waals surface area contributed by atoms with Crippen LogP contribution in [0.1, 0.15) is 13.3 Å². The van der Waals surface area contributed by atoms with Crippen molar-refractivity contribution in [1.29, 1.82) is 0 Å². The van der Waals surface area contributed by atoms with Gasteiger partial charge < -0.3 is 114 Å². The third-order valence-electron chi connectivity index (χ3n) is 8.08. The summed E-state index contributed by atoms with van der Waals surface area (Å²) in [5.41, 5.74) is -0.848. The van der Waals surface area contributed by atoms with Crippen LogP contribution in [-0.4, -0.2) is 279 Å². The van der Waals surface area contributed by atoms with E-state index in [4.69, 9.17) is 67.8 Å². The van der Waals surface area contributed by atoms with Crippen LogP contribution in [0, 0.1) is 5.41 Å². The molecule has 0 aromatic heterocycles. The van der Waals surface area contributed by atoms with Gasteiger partial charge in [-0.3, -0.25) is 0 Å². The minimum absolute atomic E-state index is 0.00166. The van der Waals surface area contributed by atoms with Crippen molar-refractivity contribution in [2.75, 3.05) is 152 Å². The van der Waals surface area contributed by atoms with E-state index in [9.17, 15) is 46.0 Å². The molecule has 0 spiro atoms. The predicted octanol–water partition coefficient (Wildman–Crippen LogP) is -6.87. The molecule has 356 valence electrons. The lowest BCUT2D eigenvalue weighted by atomic mass is 9.88. The molecule has 13 N–H and O–H groups in total. The van der Waals surface area contributed by atoms with E-state index in [1.807, 2.05) is 6.92 Å². The molecule has 11 unspecified atom stereocenters. The van der Waals surface area contributed by atoms with Gasteiger partial charge in [-0.15, -0.1) is 0 Å². The second kappa shape index (κ2) is 37.6. The minimum atomic E-state index is -1.14. The van der Waals surface area contributed by atoms with Crippen molar-refractivity contribution in [3.63, 3.8) is 0 Å². The first-order valence-corrected chi connectivity index (χ1v) is 19.6. The lowest BCUT2D eigenvalue weighted by Gasteiger charge is -2.33. The van der Waals surface area contributed by atoms with Gasteiger partial charge in [-0.2, -0.15) is 0 Å². The Balaban J connectivity index is 5.31. The first-order chi connectivity index (χ1) is 28.3. The Morgan fingerprint density at radius 1 is 0.305 bits per heavy atom. The van der Waals surface area contributed by atoms with E-state index in [0.29, 0.717) is 6.42 Å². The molecule has 0 radical (unpaired) electrons. The second-order valence-electron chi connectivity index (χ2n) is 14.1. The van der Waals surface area contributed by atoms with Crippen LogP contribution in [0.4, 0.5) is 0 Å². The van der Waals surface area contributed by atoms with Gasteiger partial charge in [0.15, 0.2) is 0 Å². The molecular formula is C36H74O23. The highest BCUT2D eigenvalue weighted by molar-refractivity contribution is 4.79. The average Bonchev–Trinajstić information content (AvgIpc) is 3.22. The van der Waals surface area contributed by atoms with E-state index < -0.39 is 99.5 Å². The molecule has 0 aromatic rings. The van der Waals surface area contributed by atoms with Gasteiger partial charge in [0, 0.05) is 5.41 Å². The van der Waals surface area contributed by atoms with Crippen LogP contribution >= 0.6 is 0 Å². The molecule has 0 aliphatic rings. The molecule has 0 rings (SSSR count). The molecule has 0 amide bonds. The summed E-state index contributed by atoms with van der Waals surface area (Å²) in [6.45, 7) is -3.26. The Kier molecular flexibility index (Phi) is 37.0. The minimum Gasteiger partial charge on any atom is -0.394 e. The van der Waals surface area contributed by atoms with Crippen molar-refractivity contribution >= 4 is 0 Å². The molecule has 0 saturated heterocycles. The Hall–Kier alpha value is -0.920. The van der Waals surface area contributed by atoms with Crippen molar-refractivity contribution in [3.8, 4) is 0 Å². The van der Waals surface area contributed by atoms with Crippen LogP contribution < -0.4 is 0 Å². The smallest absolute Gasteiger partial charge is 0.104 e. The highest BCUT2D eigenvalue weighted by Gasteiger charge is 2.31. The maximum atomic E-state index is 10.4. The Bertz CT molecular complexity index is 915. The summed E-state index contributed by atoms with van der Waals surface area (Å²) in [7, 11) is 0. The molecule has 23 heteroatoms. The van der Waals surface area contributed by atoms with Gasteiger partial charge in [0.2, 0.25) is 0 Å². The Morgan fingerprint density at radius 2 is 0.576 bits per heavy atom. The number of ether oxygens (including phenoxy) is 10. The van der Waals surface area contributed by atoms with Gasteiger partial charge in [0.1, 0.15) is 61.0 Å². The summed E-state index contributed by atoms with van der Waals surface area (Å²) in [6.07, 6.45) is -9.98. The zero-order valence-electron chi connectivity index (χ0n) is 34.1. The van der Waals surface area contributed by atoms with Gasteiger partial charge in [-0.25, -0.2) is 0 Å². The zero-order chi connectivity index (χ0) is 44.3. The fourth-order valence-electron chi connectivity index (χ4n) is 4.55. The number of aliphatic hydroxyl groups is 13. The van der Waals surface area contributed by atoms with Crippen LogP contribution in [0.5, 0.6) is 0 Å². The summed E-state index contributed by atoms with van der Waals surface area (Å²) in [5.74, 6) is 0. The van der Waals surface area contributed by atoms with Gasteiger partial charge in [-0.05, 0) is 6.42 Å².